The molecule has 2 heteroatoms. The van der Waals surface area contributed by atoms with Crippen molar-refractivity contribution in [2.75, 3.05) is 19.6 Å². The average molecular weight is 192 g/mol. The second kappa shape index (κ2) is 4.82. The summed E-state index contributed by atoms with van der Waals surface area (Å²) in [4.78, 5) is 2.56. The van der Waals surface area contributed by atoms with E-state index in [0.29, 0.717) is 0 Å². The molecule has 2 saturated heterocycles. The topological polar surface area (TPSA) is 15.3 Å². The third-order valence-electron chi connectivity index (χ3n) is 3.44. The smallest absolute Gasteiger partial charge is 0.0604 e. The Morgan fingerprint density at radius 1 is 1.36 bits per heavy atom. The molecule has 2 aliphatic rings. The number of hydrogen-bond donors (Lipinski definition) is 1. The molecule has 0 aromatic carbocycles. The Bertz CT molecular complexity index is 232. The number of nitrogens with one attached hydrogen (secondary N) is 1. The number of nitrogens with zero attached hydrogens (tertiary/aromatic N) is 1. The van der Waals surface area contributed by atoms with Gasteiger partial charge in [0, 0.05) is 12.1 Å². The van der Waals surface area contributed by atoms with Crippen molar-refractivity contribution < 1.29 is 0 Å². The highest BCUT2D eigenvalue weighted by molar-refractivity contribution is 5.02. The molecule has 0 amide bonds. The van der Waals surface area contributed by atoms with Crippen LogP contribution in [0.1, 0.15) is 32.6 Å². The fourth-order valence-corrected chi connectivity index (χ4v) is 2.72. The van der Waals surface area contributed by atoms with Gasteiger partial charge < -0.3 is 5.32 Å². The van der Waals surface area contributed by atoms with Crippen molar-refractivity contribution in [3.05, 3.63) is 0 Å². The molecule has 2 unspecified atom stereocenters. The summed E-state index contributed by atoms with van der Waals surface area (Å²) in [5.74, 6) is 6.19. The van der Waals surface area contributed by atoms with Gasteiger partial charge in [0.1, 0.15) is 0 Å². The van der Waals surface area contributed by atoms with Crippen LogP contribution in [0.25, 0.3) is 0 Å². The Morgan fingerprint density at radius 2 is 2.29 bits per heavy atom. The van der Waals surface area contributed by atoms with Crippen molar-refractivity contribution in [3.63, 3.8) is 0 Å². The average Bonchev–Trinajstić information content (AvgIpc) is 2.84. The van der Waals surface area contributed by atoms with Crippen LogP contribution >= 0.6 is 0 Å². The minimum Gasteiger partial charge on any atom is -0.312 e. The van der Waals surface area contributed by atoms with Crippen molar-refractivity contribution in [1.29, 1.82) is 0 Å². The van der Waals surface area contributed by atoms with Gasteiger partial charge in [-0.25, -0.2) is 0 Å². The Morgan fingerprint density at radius 3 is 3.00 bits per heavy atom. The minimum absolute atomic E-state index is 0.746. The lowest BCUT2D eigenvalue weighted by molar-refractivity contribution is 0.238. The van der Waals surface area contributed by atoms with E-state index in [-0.39, 0.29) is 0 Å². The molecule has 0 spiro atoms. The minimum atomic E-state index is 0.746. The van der Waals surface area contributed by atoms with Crippen LogP contribution in [0.15, 0.2) is 0 Å². The van der Waals surface area contributed by atoms with E-state index in [0.717, 1.165) is 18.6 Å². The molecular formula is C12H20N2. The standard InChI is InChI=1S/C12H20N2/c1-2-3-9-14-10-5-7-12(14)11-6-4-8-13-11/h11-13H,4-10H2,1H3. The van der Waals surface area contributed by atoms with Crippen molar-refractivity contribution in [1.82, 2.24) is 10.2 Å². The Hall–Kier alpha value is -0.520. The van der Waals surface area contributed by atoms with E-state index < -0.39 is 0 Å². The van der Waals surface area contributed by atoms with Crippen molar-refractivity contribution >= 4 is 0 Å². The normalized spacial score (nSPS) is 32.9. The molecule has 0 radical (unpaired) electrons. The van der Waals surface area contributed by atoms with Gasteiger partial charge in [-0.1, -0.05) is 5.92 Å². The van der Waals surface area contributed by atoms with Gasteiger partial charge in [-0.05, 0) is 45.7 Å². The SMILES string of the molecule is CC#CCN1CCCC1C1CCCN1. The zero-order valence-corrected chi connectivity index (χ0v) is 9.05. The highest BCUT2D eigenvalue weighted by Gasteiger charge is 2.32. The summed E-state index contributed by atoms with van der Waals surface area (Å²) in [6.45, 7) is 5.37. The van der Waals surface area contributed by atoms with Crippen LogP contribution in [0.4, 0.5) is 0 Å². The van der Waals surface area contributed by atoms with Crippen molar-refractivity contribution in [2.45, 2.75) is 44.7 Å². The summed E-state index contributed by atoms with van der Waals surface area (Å²) < 4.78 is 0. The van der Waals surface area contributed by atoms with Crippen LogP contribution < -0.4 is 5.32 Å². The highest BCUT2D eigenvalue weighted by Crippen LogP contribution is 2.24. The van der Waals surface area contributed by atoms with Gasteiger partial charge >= 0.3 is 0 Å². The lowest BCUT2D eigenvalue weighted by atomic mass is 10.0. The molecule has 2 nitrogen and oxygen atoms in total. The molecule has 0 aromatic heterocycles. The second-order valence-electron chi connectivity index (χ2n) is 4.31. The fourth-order valence-electron chi connectivity index (χ4n) is 2.72. The molecule has 2 aliphatic heterocycles. The number of likely N-dealkylation sites (tertiary alicyclic amines) is 1. The maximum Gasteiger partial charge on any atom is 0.0604 e. The first-order chi connectivity index (χ1) is 6.92. The van der Waals surface area contributed by atoms with Crippen LogP contribution in [0, 0.1) is 11.8 Å². The third kappa shape index (κ3) is 2.10. The molecule has 0 aliphatic carbocycles. The molecule has 2 fully saturated rings. The van der Waals surface area contributed by atoms with E-state index in [4.69, 9.17) is 0 Å². The number of rotatable bonds is 2. The highest BCUT2D eigenvalue weighted by atomic mass is 15.2. The molecular weight excluding hydrogens is 172 g/mol. The van der Waals surface area contributed by atoms with Gasteiger partial charge in [-0.2, -0.15) is 0 Å². The molecule has 2 heterocycles. The quantitative estimate of drug-likeness (QED) is 0.662. The first kappa shape index (κ1) is 10.0. The van der Waals surface area contributed by atoms with Crippen LogP contribution in [0.5, 0.6) is 0 Å². The van der Waals surface area contributed by atoms with E-state index in [1.165, 1.54) is 38.8 Å². The summed E-state index contributed by atoms with van der Waals surface area (Å²) in [6, 6.07) is 1.51. The molecule has 0 saturated carbocycles. The molecule has 2 atom stereocenters. The van der Waals surface area contributed by atoms with Crippen LogP contribution in [0.3, 0.4) is 0 Å². The third-order valence-corrected chi connectivity index (χ3v) is 3.44. The Labute approximate surface area is 87.1 Å². The Balaban J connectivity index is 1.90. The zero-order chi connectivity index (χ0) is 9.80. The predicted molar refractivity (Wildman–Crippen MR) is 59.1 cm³/mol. The predicted octanol–water partition coefficient (Wildman–Crippen LogP) is 1.23. The Kier molecular flexibility index (Phi) is 3.44. The molecule has 14 heavy (non-hydrogen) atoms. The summed E-state index contributed by atoms with van der Waals surface area (Å²) in [6.07, 6.45) is 5.44. The van der Waals surface area contributed by atoms with E-state index in [1.54, 1.807) is 0 Å². The monoisotopic (exact) mass is 192 g/mol. The van der Waals surface area contributed by atoms with E-state index in [9.17, 15) is 0 Å². The molecule has 1 N–H and O–H groups in total. The molecule has 78 valence electrons. The van der Waals surface area contributed by atoms with Crippen molar-refractivity contribution in [3.8, 4) is 11.8 Å². The lowest BCUT2D eigenvalue weighted by Crippen LogP contribution is -2.43. The summed E-state index contributed by atoms with van der Waals surface area (Å²) in [7, 11) is 0. The van der Waals surface area contributed by atoms with Crippen LogP contribution in [-0.4, -0.2) is 36.6 Å². The van der Waals surface area contributed by atoms with Gasteiger partial charge in [0.05, 0.1) is 6.54 Å². The lowest BCUT2D eigenvalue weighted by Gasteiger charge is -2.27. The summed E-state index contributed by atoms with van der Waals surface area (Å²) in [5.41, 5.74) is 0. The zero-order valence-electron chi connectivity index (χ0n) is 9.05. The van der Waals surface area contributed by atoms with E-state index in [1.807, 2.05) is 6.92 Å². The first-order valence-electron chi connectivity index (χ1n) is 5.79. The summed E-state index contributed by atoms with van der Waals surface area (Å²) >= 11 is 0. The van der Waals surface area contributed by atoms with E-state index in [2.05, 4.69) is 22.1 Å². The van der Waals surface area contributed by atoms with Crippen LogP contribution in [0.2, 0.25) is 0 Å². The van der Waals surface area contributed by atoms with E-state index >= 15 is 0 Å². The first-order valence-corrected chi connectivity index (χ1v) is 5.79. The van der Waals surface area contributed by atoms with Gasteiger partial charge in [0.2, 0.25) is 0 Å². The van der Waals surface area contributed by atoms with Crippen LogP contribution in [-0.2, 0) is 0 Å². The molecule has 2 rings (SSSR count). The number of hydrogen-bond acceptors (Lipinski definition) is 2. The largest absolute Gasteiger partial charge is 0.312 e. The molecule has 0 aromatic rings. The van der Waals surface area contributed by atoms with Gasteiger partial charge in [0.25, 0.3) is 0 Å². The fraction of sp³-hybridized carbons (Fsp3) is 0.833. The maximum atomic E-state index is 3.62. The maximum absolute atomic E-state index is 3.62. The van der Waals surface area contributed by atoms with Gasteiger partial charge in [-0.15, -0.1) is 5.92 Å². The van der Waals surface area contributed by atoms with Gasteiger partial charge in [0.15, 0.2) is 0 Å². The second-order valence-corrected chi connectivity index (χ2v) is 4.31. The molecule has 0 bridgehead atoms. The van der Waals surface area contributed by atoms with Crippen molar-refractivity contribution in [2.24, 2.45) is 0 Å². The summed E-state index contributed by atoms with van der Waals surface area (Å²) in [5, 5.41) is 3.62. The van der Waals surface area contributed by atoms with Gasteiger partial charge in [-0.3, -0.25) is 4.90 Å².